The number of Topliss-reactive ketones (excluding diaryl/α,β-unsaturated/α-hetero) is 1. The van der Waals surface area contributed by atoms with Crippen LogP contribution in [0.5, 0.6) is 0 Å². The minimum Gasteiger partial charge on any atom is -0.299 e. The molecule has 4 aliphatic carbocycles. The van der Waals surface area contributed by atoms with E-state index in [1.165, 1.54) is 6.08 Å². The van der Waals surface area contributed by atoms with Gasteiger partial charge in [0.15, 0.2) is 5.67 Å². The second-order valence-corrected chi connectivity index (χ2v) is 7.88. The standard InChI is InChI=1S/C18H20FNO4/c1-17-8-6-12-10(11(17)4-5-15(17)22)2-3-13-16(20(23)24)14(21)7-9-18(12,13)19/h7,9-12H,2-6,8H2,1H3/t10-,11-,12-,17-,18-/m0/s1. The van der Waals surface area contributed by atoms with Crippen LogP contribution in [0.4, 0.5) is 4.39 Å². The number of hydrogen-bond donors (Lipinski definition) is 0. The lowest BCUT2D eigenvalue weighted by atomic mass is 9.52. The lowest BCUT2D eigenvalue weighted by molar-refractivity contribution is -0.420. The zero-order chi connectivity index (χ0) is 17.3. The highest BCUT2D eigenvalue weighted by Gasteiger charge is 2.62. The third-order valence-corrected chi connectivity index (χ3v) is 7.05. The van der Waals surface area contributed by atoms with Gasteiger partial charge in [0.05, 0.1) is 10.5 Å². The van der Waals surface area contributed by atoms with Gasteiger partial charge in [0, 0.05) is 17.8 Å². The predicted molar refractivity (Wildman–Crippen MR) is 83.3 cm³/mol. The molecule has 0 bridgehead atoms. The quantitative estimate of drug-likeness (QED) is 0.545. The molecule has 128 valence electrons. The van der Waals surface area contributed by atoms with E-state index < -0.39 is 22.1 Å². The number of rotatable bonds is 1. The second-order valence-electron chi connectivity index (χ2n) is 7.88. The number of halogens is 1. The van der Waals surface area contributed by atoms with Crippen LogP contribution in [0.15, 0.2) is 23.4 Å². The maximum Gasteiger partial charge on any atom is 0.318 e. The van der Waals surface area contributed by atoms with Crippen molar-refractivity contribution in [2.45, 2.75) is 51.1 Å². The Bertz CT molecular complexity index is 727. The van der Waals surface area contributed by atoms with E-state index in [4.69, 9.17) is 0 Å². The molecule has 0 amide bonds. The van der Waals surface area contributed by atoms with Gasteiger partial charge in [0.1, 0.15) is 5.78 Å². The largest absolute Gasteiger partial charge is 0.318 e. The average molecular weight is 333 g/mol. The normalized spacial score (nSPS) is 44.2. The fourth-order valence-corrected chi connectivity index (χ4v) is 5.86. The molecular formula is C18H20FNO4. The van der Waals surface area contributed by atoms with Crippen LogP contribution < -0.4 is 0 Å². The zero-order valence-electron chi connectivity index (χ0n) is 13.6. The lowest BCUT2D eigenvalue weighted by Crippen LogP contribution is -2.53. The molecule has 3 saturated carbocycles. The Balaban J connectivity index is 1.77. The molecule has 0 saturated heterocycles. The van der Waals surface area contributed by atoms with Gasteiger partial charge in [-0.25, -0.2) is 4.39 Å². The predicted octanol–water partition coefficient (Wildman–Crippen LogP) is 3.17. The molecule has 0 aromatic rings. The van der Waals surface area contributed by atoms with Crippen LogP contribution in [-0.4, -0.2) is 22.2 Å². The van der Waals surface area contributed by atoms with E-state index in [1.807, 2.05) is 6.92 Å². The molecular weight excluding hydrogens is 313 g/mol. The van der Waals surface area contributed by atoms with Gasteiger partial charge < -0.3 is 0 Å². The number of nitro groups is 1. The van der Waals surface area contributed by atoms with Crippen LogP contribution in [0.2, 0.25) is 0 Å². The van der Waals surface area contributed by atoms with Crippen LogP contribution in [-0.2, 0) is 9.59 Å². The summed E-state index contributed by atoms with van der Waals surface area (Å²) in [6.07, 6.45) is 5.63. The number of allylic oxidation sites excluding steroid dienone is 3. The molecule has 5 nitrogen and oxygen atoms in total. The van der Waals surface area contributed by atoms with Crippen molar-refractivity contribution in [3.05, 3.63) is 33.5 Å². The fraction of sp³-hybridized carbons (Fsp3) is 0.667. The third-order valence-electron chi connectivity index (χ3n) is 7.05. The summed E-state index contributed by atoms with van der Waals surface area (Å²) in [6, 6.07) is 0. The molecule has 0 N–H and O–H groups in total. The van der Waals surface area contributed by atoms with Gasteiger partial charge in [-0.3, -0.25) is 19.7 Å². The first-order valence-electron chi connectivity index (χ1n) is 8.63. The van der Waals surface area contributed by atoms with Gasteiger partial charge in [-0.15, -0.1) is 0 Å². The number of carbonyl (C=O) groups is 2. The lowest BCUT2D eigenvalue weighted by Gasteiger charge is -2.52. The fourth-order valence-electron chi connectivity index (χ4n) is 5.86. The molecule has 6 heteroatoms. The molecule has 4 aliphatic rings. The molecule has 0 aliphatic heterocycles. The Kier molecular flexibility index (Phi) is 3.15. The van der Waals surface area contributed by atoms with Gasteiger partial charge in [0.2, 0.25) is 0 Å². The highest BCUT2D eigenvalue weighted by atomic mass is 19.1. The Morgan fingerprint density at radius 3 is 2.67 bits per heavy atom. The van der Waals surface area contributed by atoms with Gasteiger partial charge in [-0.2, -0.15) is 0 Å². The summed E-state index contributed by atoms with van der Waals surface area (Å²) in [7, 11) is 0. The van der Waals surface area contributed by atoms with Crippen LogP contribution in [0, 0.1) is 33.3 Å². The van der Waals surface area contributed by atoms with Gasteiger partial charge in [-0.05, 0) is 56.1 Å². The molecule has 0 radical (unpaired) electrons. The summed E-state index contributed by atoms with van der Waals surface area (Å²) in [5.41, 5.74) is -2.80. The summed E-state index contributed by atoms with van der Waals surface area (Å²) in [6.45, 7) is 2.00. The minimum absolute atomic E-state index is 0.0502. The van der Waals surface area contributed by atoms with E-state index in [2.05, 4.69) is 0 Å². The first-order chi connectivity index (χ1) is 11.3. The van der Waals surface area contributed by atoms with Crippen LogP contribution in [0.3, 0.4) is 0 Å². The molecule has 0 heterocycles. The van der Waals surface area contributed by atoms with E-state index >= 15 is 4.39 Å². The molecule has 0 aromatic carbocycles. The van der Waals surface area contributed by atoms with Crippen LogP contribution in [0.1, 0.15) is 45.4 Å². The Hall–Kier alpha value is -1.85. The van der Waals surface area contributed by atoms with Gasteiger partial charge >= 0.3 is 5.70 Å². The first kappa shape index (κ1) is 15.7. The number of ketones is 2. The number of hydrogen-bond acceptors (Lipinski definition) is 4. The van der Waals surface area contributed by atoms with Crippen molar-refractivity contribution >= 4 is 11.6 Å². The Morgan fingerprint density at radius 1 is 1.21 bits per heavy atom. The molecule has 0 unspecified atom stereocenters. The minimum atomic E-state index is -1.91. The number of nitrogens with zero attached hydrogens (tertiary/aromatic N) is 1. The maximum atomic E-state index is 15.9. The monoisotopic (exact) mass is 333 g/mol. The van der Waals surface area contributed by atoms with Crippen molar-refractivity contribution in [2.75, 3.05) is 0 Å². The van der Waals surface area contributed by atoms with E-state index in [1.54, 1.807) is 0 Å². The van der Waals surface area contributed by atoms with Crippen molar-refractivity contribution in [3.8, 4) is 0 Å². The summed E-state index contributed by atoms with van der Waals surface area (Å²) in [4.78, 5) is 34.7. The summed E-state index contributed by atoms with van der Waals surface area (Å²) >= 11 is 0. The van der Waals surface area contributed by atoms with E-state index in [9.17, 15) is 19.7 Å². The van der Waals surface area contributed by atoms with Crippen LogP contribution >= 0.6 is 0 Å². The zero-order valence-corrected chi connectivity index (χ0v) is 13.6. The SMILES string of the molecule is C[C@]12CC[C@H]3[C@@H](CCC4=C([N+](=O)[O-])C(=O)C=C[C@@]43F)[C@@H]1CCC2=O. The molecule has 0 spiro atoms. The van der Waals surface area contributed by atoms with E-state index in [-0.39, 0.29) is 40.9 Å². The molecule has 5 atom stereocenters. The first-order valence-corrected chi connectivity index (χ1v) is 8.63. The van der Waals surface area contributed by atoms with Crippen molar-refractivity contribution in [1.82, 2.24) is 0 Å². The van der Waals surface area contributed by atoms with Gasteiger partial charge in [-0.1, -0.05) is 6.92 Å². The number of carbonyl (C=O) groups excluding carboxylic acids is 2. The number of alkyl halides is 1. The summed E-state index contributed by atoms with van der Waals surface area (Å²) in [5, 5.41) is 11.3. The van der Waals surface area contributed by atoms with E-state index in [0.717, 1.165) is 12.5 Å². The van der Waals surface area contributed by atoms with Crippen molar-refractivity contribution in [3.63, 3.8) is 0 Å². The topological polar surface area (TPSA) is 77.3 Å². The Morgan fingerprint density at radius 2 is 1.96 bits per heavy atom. The smallest absolute Gasteiger partial charge is 0.299 e. The molecule has 24 heavy (non-hydrogen) atoms. The molecule has 4 rings (SSSR count). The highest BCUT2D eigenvalue weighted by Crippen LogP contribution is 2.62. The third kappa shape index (κ3) is 1.80. The average Bonchev–Trinajstić information content (AvgIpc) is 2.83. The van der Waals surface area contributed by atoms with Crippen molar-refractivity contribution in [2.24, 2.45) is 23.2 Å². The highest BCUT2D eigenvalue weighted by molar-refractivity contribution is 6.04. The molecule has 3 fully saturated rings. The summed E-state index contributed by atoms with van der Waals surface area (Å²) in [5.74, 6) is -0.596. The van der Waals surface area contributed by atoms with Crippen LogP contribution in [0.25, 0.3) is 0 Å². The van der Waals surface area contributed by atoms with Crippen molar-refractivity contribution < 1.29 is 18.9 Å². The second kappa shape index (κ2) is 4.83. The van der Waals surface area contributed by atoms with Crippen molar-refractivity contribution in [1.29, 1.82) is 0 Å². The maximum absolute atomic E-state index is 15.9. The summed E-state index contributed by atoms with van der Waals surface area (Å²) < 4.78 is 15.9. The Labute approximate surface area is 139 Å². The van der Waals surface area contributed by atoms with E-state index in [0.29, 0.717) is 25.7 Å². The molecule has 0 aromatic heterocycles. The number of fused-ring (bicyclic) bond motifs is 5. The van der Waals surface area contributed by atoms with Gasteiger partial charge in [0.25, 0.3) is 5.78 Å².